The van der Waals surface area contributed by atoms with Gasteiger partial charge in [-0.3, -0.25) is 4.79 Å². The number of carbonyl (C=O) groups is 2. The van der Waals surface area contributed by atoms with E-state index in [2.05, 4.69) is 10.3 Å². The van der Waals surface area contributed by atoms with E-state index in [0.717, 1.165) is 13.0 Å². The highest BCUT2D eigenvalue weighted by molar-refractivity contribution is 5.96. The molecule has 0 saturated carbocycles. The first kappa shape index (κ1) is 13.5. The molecule has 0 radical (unpaired) electrons. The van der Waals surface area contributed by atoms with Crippen LogP contribution in [0.5, 0.6) is 0 Å². The zero-order chi connectivity index (χ0) is 13.8. The van der Waals surface area contributed by atoms with E-state index in [4.69, 9.17) is 9.84 Å². The first-order valence-corrected chi connectivity index (χ1v) is 6.17. The molecule has 1 saturated heterocycles. The Morgan fingerprint density at radius 2 is 2.37 bits per heavy atom. The van der Waals surface area contributed by atoms with Crippen molar-refractivity contribution < 1.29 is 19.4 Å². The van der Waals surface area contributed by atoms with E-state index >= 15 is 0 Å². The predicted octanol–water partition coefficient (Wildman–Crippen LogP) is 0.935. The van der Waals surface area contributed by atoms with Gasteiger partial charge >= 0.3 is 5.97 Å². The van der Waals surface area contributed by atoms with Crippen molar-refractivity contribution in [1.29, 1.82) is 0 Å². The fourth-order valence-electron chi connectivity index (χ4n) is 2.06. The number of hydrogen-bond donors (Lipinski definition) is 2. The highest BCUT2D eigenvalue weighted by Crippen LogP contribution is 2.19. The normalized spacial score (nSPS) is 22.2. The molecular weight excluding hydrogens is 248 g/mol. The van der Waals surface area contributed by atoms with E-state index in [-0.39, 0.29) is 17.7 Å². The van der Waals surface area contributed by atoms with Gasteiger partial charge in [-0.2, -0.15) is 0 Å². The summed E-state index contributed by atoms with van der Waals surface area (Å²) in [4.78, 5) is 26.4. The van der Waals surface area contributed by atoms with Crippen LogP contribution in [0.4, 0.5) is 0 Å². The Kier molecular flexibility index (Phi) is 4.11. The lowest BCUT2D eigenvalue weighted by atomic mass is 10.0. The summed E-state index contributed by atoms with van der Waals surface area (Å²) in [5, 5.41) is 11.6. The van der Waals surface area contributed by atoms with Gasteiger partial charge in [-0.05, 0) is 25.5 Å². The molecule has 2 heterocycles. The lowest BCUT2D eigenvalue weighted by molar-refractivity contribution is 0.0690. The largest absolute Gasteiger partial charge is 0.477 e. The van der Waals surface area contributed by atoms with Gasteiger partial charge in [0.15, 0.2) is 0 Å². The minimum Gasteiger partial charge on any atom is -0.477 e. The molecule has 2 atom stereocenters. The number of aromatic carboxylic acids is 1. The Hall–Kier alpha value is -1.95. The van der Waals surface area contributed by atoms with Crippen molar-refractivity contribution in [3.63, 3.8) is 0 Å². The van der Waals surface area contributed by atoms with Gasteiger partial charge in [0, 0.05) is 30.8 Å². The molecule has 0 bridgehead atoms. The quantitative estimate of drug-likeness (QED) is 0.844. The number of carboxylic acid groups (broad SMARTS) is 1. The van der Waals surface area contributed by atoms with E-state index in [0.29, 0.717) is 18.0 Å². The molecular formula is C13H16N2O4. The number of nitrogens with one attached hydrogen (secondary N) is 1. The summed E-state index contributed by atoms with van der Waals surface area (Å²) in [6.07, 6.45) is 2.39. The highest BCUT2D eigenvalue weighted by atomic mass is 16.5. The summed E-state index contributed by atoms with van der Waals surface area (Å²) >= 11 is 0. The van der Waals surface area contributed by atoms with E-state index in [1.54, 1.807) is 0 Å². The third kappa shape index (κ3) is 3.29. The minimum absolute atomic E-state index is 0.134. The Morgan fingerprint density at radius 3 is 3.00 bits per heavy atom. The fourth-order valence-corrected chi connectivity index (χ4v) is 2.06. The van der Waals surface area contributed by atoms with Crippen LogP contribution in [0.15, 0.2) is 18.3 Å². The minimum atomic E-state index is -1.15. The van der Waals surface area contributed by atoms with Crippen LogP contribution in [-0.4, -0.2) is 41.2 Å². The van der Waals surface area contributed by atoms with Gasteiger partial charge in [-0.1, -0.05) is 0 Å². The SMILES string of the molecule is CC1OCCC1CNC(=O)c1ccnc(C(=O)O)c1. The second-order valence-corrected chi connectivity index (χ2v) is 4.57. The topological polar surface area (TPSA) is 88.5 Å². The first-order chi connectivity index (χ1) is 9.08. The second-order valence-electron chi connectivity index (χ2n) is 4.57. The second kappa shape index (κ2) is 5.79. The third-order valence-corrected chi connectivity index (χ3v) is 3.30. The molecule has 19 heavy (non-hydrogen) atoms. The predicted molar refractivity (Wildman–Crippen MR) is 67.1 cm³/mol. The van der Waals surface area contributed by atoms with E-state index in [9.17, 15) is 9.59 Å². The average molecular weight is 264 g/mol. The van der Waals surface area contributed by atoms with Crippen LogP contribution >= 0.6 is 0 Å². The van der Waals surface area contributed by atoms with Gasteiger partial charge in [0.25, 0.3) is 5.91 Å². The molecule has 1 fully saturated rings. The summed E-state index contributed by atoms with van der Waals surface area (Å²) in [5.74, 6) is -1.12. The zero-order valence-corrected chi connectivity index (χ0v) is 10.6. The number of pyridine rings is 1. The van der Waals surface area contributed by atoms with Crippen molar-refractivity contribution >= 4 is 11.9 Å². The Labute approximate surface area is 110 Å². The molecule has 1 amide bonds. The van der Waals surface area contributed by atoms with Crippen LogP contribution in [-0.2, 0) is 4.74 Å². The zero-order valence-electron chi connectivity index (χ0n) is 10.6. The monoisotopic (exact) mass is 264 g/mol. The fraction of sp³-hybridized carbons (Fsp3) is 0.462. The first-order valence-electron chi connectivity index (χ1n) is 6.17. The molecule has 0 aliphatic carbocycles. The summed E-state index contributed by atoms with van der Waals surface area (Å²) in [6.45, 7) is 3.24. The Bertz CT molecular complexity index is 489. The number of ether oxygens (including phenoxy) is 1. The maximum absolute atomic E-state index is 11.9. The number of carbonyl (C=O) groups excluding carboxylic acids is 1. The number of rotatable bonds is 4. The van der Waals surface area contributed by atoms with Crippen molar-refractivity contribution in [3.8, 4) is 0 Å². The van der Waals surface area contributed by atoms with Crippen LogP contribution < -0.4 is 5.32 Å². The number of hydrogen-bond acceptors (Lipinski definition) is 4. The van der Waals surface area contributed by atoms with Gasteiger partial charge in [-0.25, -0.2) is 9.78 Å². The maximum atomic E-state index is 11.9. The third-order valence-electron chi connectivity index (χ3n) is 3.30. The molecule has 6 nitrogen and oxygen atoms in total. The molecule has 102 valence electrons. The number of aromatic nitrogens is 1. The molecule has 2 rings (SSSR count). The molecule has 1 aliphatic heterocycles. The highest BCUT2D eigenvalue weighted by Gasteiger charge is 2.24. The lowest BCUT2D eigenvalue weighted by Gasteiger charge is -2.14. The van der Waals surface area contributed by atoms with Crippen LogP contribution in [0, 0.1) is 5.92 Å². The van der Waals surface area contributed by atoms with E-state index in [1.807, 2.05) is 6.92 Å². The maximum Gasteiger partial charge on any atom is 0.354 e. The number of carboxylic acids is 1. The van der Waals surface area contributed by atoms with Crippen molar-refractivity contribution in [1.82, 2.24) is 10.3 Å². The summed E-state index contributed by atoms with van der Waals surface area (Å²) in [5.41, 5.74) is 0.171. The molecule has 6 heteroatoms. The van der Waals surface area contributed by atoms with Crippen molar-refractivity contribution in [2.24, 2.45) is 5.92 Å². The summed E-state index contributed by atoms with van der Waals surface area (Å²) in [7, 11) is 0. The van der Waals surface area contributed by atoms with E-state index in [1.165, 1.54) is 18.3 Å². The van der Waals surface area contributed by atoms with Crippen molar-refractivity contribution in [2.75, 3.05) is 13.2 Å². The standard InChI is InChI=1S/C13H16N2O4/c1-8-10(3-5-19-8)7-15-12(16)9-2-4-14-11(6-9)13(17)18/h2,4,6,8,10H,3,5,7H2,1H3,(H,15,16)(H,17,18). The Morgan fingerprint density at radius 1 is 1.58 bits per heavy atom. The molecule has 0 spiro atoms. The molecule has 1 aromatic rings. The summed E-state index contributed by atoms with van der Waals surface area (Å²) < 4.78 is 5.41. The molecule has 2 unspecified atom stereocenters. The van der Waals surface area contributed by atoms with E-state index < -0.39 is 5.97 Å². The average Bonchev–Trinajstić information content (AvgIpc) is 2.81. The van der Waals surface area contributed by atoms with Crippen molar-refractivity contribution in [3.05, 3.63) is 29.6 Å². The smallest absolute Gasteiger partial charge is 0.354 e. The van der Waals surface area contributed by atoms with Gasteiger partial charge in [0.2, 0.25) is 0 Å². The van der Waals surface area contributed by atoms with Gasteiger partial charge in [-0.15, -0.1) is 0 Å². The van der Waals surface area contributed by atoms with Crippen LogP contribution in [0.3, 0.4) is 0 Å². The van der Waals surface area contributed by atoms with Gasteiger partial charge in [0.05, 0.1) is 6.10 Å². The summed E-state index contributed by atoms with van der Waals surface area (Å²) in [6, 6.07) is 2.77. The molecule has 1 aromatic heterocycles. The molecule has 2 N–H and O–H groups in total. The van der Waals surface area contributed by atoms with Crippen molar-refractivity contribution in [2.45, 2.75) is 19.4 Å². The number of amides is 1. The molecule has 0 aromatic carbocycles. The molecule has 1 aliphatic rings. The van der Waals surface area contributed by atoms with Gasteiger partial charge < -0.3 is 15.2 Å². The van der Waals surface area contributed by atoms with Crippen LogP contribution in [0.25, 0.3) is 0 Å². The van der Waals surface area contributed by atoms with Crippen LogP contribution in [0.1, 0.15) is 34.2 Å². The lowest BCUT2D eigenvalue weighted by Crippen LogP contribution is -2.32. The van der Waals surface area contributed by atoms with Gasteiger partial charge in [0.1, 0.15) is 5.69 Å². The number of nitrogens with zero attached hydrogens (tertiary/aromatic N) is 1. The Balaban J connectivity index is 1.96. The van der Waals surface area contributed by atoms with Crippen LogP contribution in [0.2, 0.25) is 0 Å².